The number of sulfonamides is 1. The maximum atomic E-state index is 13.1. The lowest BCUT2D eigenvalue weighted by Gasteiger charge is -2.32. The van der Waals surface area contributed by atoms with Crippen molar-refractivity contribution >= 4 is 15.9 Å². The van der Waals surface area contributed by atoms with E-state index in [9.17, 15) is 13.2 Å². The molecule has 7 heteroatoms. The molecule has 2 heterocycles. The number of benzene rings is 1. The molecule has 1 aromatic carbocycles. The molecule has 2 aliphatic heterocycles. The van der Waals surface area contributed by atoms with Crippen molar-refractivity contribution in [3.05, 3.63) is 29.8 Å². The zero-order valence-electron chi connectivity index (χ0n) is 15.1. The standard InChI is InChI=1S/C18H27N3O3S/c1-4-20-9-15-10-21(12-16(11-20)19-18(15)22)25(23,24)17-7-5-14(6-8-17)13(2)3/h5-8,13,15-16H,4,9-12H2,1-3H3,(H,19,22). The third kappa shape index (κ3) is 3.73. The van der Waals surface area contributed by atoms with Crippen molar-refractivity contribution in [1.29, 1.82) is 0 Å². The predicted octanol–water partition coefficient (Wildman–Crippen LogP) is 1.25. The van der Waals surface area contributed by atoms with Crippen molar-refractivity contribution in [3.63, 3.8) is 0 Å². The molecule has 1 amide bonds. The van der Waals surface area contributed by atoms with Gasteiger partial charge in [0, 0.05) is 26.2 Å². The summed E-state index contributed by atoms with van der Waals surface area (Å²) in [4.78, 5) is 14.8. The van der Waals surface area contributed by atoms with Crippen molar-refractivity contribution in [2.24, 2.45) is 5.92 Å². The van der Waals surface area contributed by atoms with Gasteiger partial charge in [-0.1, -0.05) is 32.9 Å². The van der Waals surface area contributed by atoms with Crippen LogP contribution in [0.25, 0.3) is 0 Å². The lowest BCUT2D eigenvalue weighted by atomic mass is 10.0. The van der Waals surface area contributed by atoms with Gasteiger partial charge in [-0.2, -0.15) is 4.31 Å². The molecule has 2 bridgehead atoms. The molecular formula is C18H27N3O3S. The number of amides is 1. The van der Waals surface area contributed by atoms with Crippen LogP contribution in [-0.4, -0.2) is 62.3 Å². The van der Waals surface area contributed by atoms with Crippen LogP contribution in [-0.2, 0) is 14.8 Å². The minimum atomic E-state index is -3.59. The van der Waals surface area contributed by atoms with E-state index in [4.69, 9.17) is 0 Å². The van der Waals surface area contributed by atoms with E-state index in [1.54, 1.807) is 12.1 Å². The quantitative estimate of drug-likeness (QED) is 0.872. The van der Waals surface area contributed by atoms with Crippen LogP contribution < -0.4 is 5.32 Å². The van der Waals surface area contributed by atoms with Crippen molar-refractivity contribution < 1.29 is 13.2 Å². The number of carbonyl (C=O) groups is 1. The number of nitrogens with zero attached hydrogens (tertiary/aromatic N) is 2. The number of hydrogen-bond acceptors (Lipinski definition) is 4. The summed E-state index contributed by atoms with van der Waals surface area (Å²) in [5.41, 5.74) is 1.11. The van der Waals surface area contributed by atoms with E-state index < -0.39 is 10.0 Å². The first-order valence-corrected chi connectivity index (χ1v) is 10.4. The second-order valence-corrected chi connectivity index (χ2v) is 9.24. The fourth-order valence-electron chi connectivity index (χ4n) is 3.58. The Morgan fingerprint density at radius 1 is 1.12 bits per heavy atom. The normalized spacial score (nSPS) is 25.7. The van der Waals surface area contributed by atoms with Crippen molar-refractivity contribution in [2.45, 2.75) is 37.6 Å². The van der Waals surface area contributed by atoms with Crippen molar-refractivity contribution in [3.8, 4) is 0 Å². The molecule has 0 aliphatic carbocycles. The predicted molar refractivity (Wildman–Crippen MR) is 96.8 cm³/mol. The van der Waals surface area contributed by atoms with Crippen molar-refractivity contribution in [2.75, 3.05) is 32.7 Å². The first-order chi connectivity index (χ1) is 11.8. The summed E-state index contributed by atoms with van der Waals surface area (Å²) in [6.45, 7) is 8.96. The fourth-order valence-corrected chi connectivity index (χ4v) is 5.11. The molecule has 2 fully saturated rings. The van der Waals surface area contributed by atoms with Gasteiger partial charge in [-0.05, 0) is 30.2 Å². The Labute approximate surface area is 150 Å². The summed E-state index contributed by atoms with van der Waals surface area (Å²) < 4.78 is 27.7. The Bertz CT molecular complexity index is 730. The summed E-state index contributed by atoms with van der Waals surface area (Å²) in [5.74, 6) is 0.00196. The van der Waals surface area contributed by atoms with Gasteiger partial charge >= 0.3 is 0 Å². The second-order valence-electron chi connectivity index (χ2n) is 7.30. The Morgan fingerprint density at radius 2 is 1.80 bits per heavy atom. The van der Waals surface area contributed by atoms with Gasteiger partial charge in [0.15, 0.2) is 0 Å². The van der Waals surface area contributed by atoms with Gasteiger partial charge in [0.25, 0.3) is 0 Å². The average molecular weight is 365 g/mol. The number of fused-ring (bicyclic) bond motifs is 3. The molecule has 0 aromatic heterocycles. The highest BCUT2D eigenvalue weighted by molar-refractivity contribution is 7.89. The summed E-state index contributed by atoms with van der Waals surface area (Å²) in [6, 6.07) is 6.94. The molecule has 2 atom stereocenters. The highest BCUT2D eigenvalue weighted by Crippen LogP contribution is 2.24. The zero-order valence-corrected chi connectivity index (χ0v) is 15.9. The van der Waals surface area contributed by atoms with Crippen molar-refractivity contribution in [1.82, 2.24) is 14.5 Å². The number of nitrogens with one attached hydrogen (secondary N) is 1. The Balaban J connectivity index is 1.87. The molecule has 0 spiro atoms. The highest BCUT2D eigenvalue weighted by Gasteiger charge is 2.39. The third-order valence-electron chi connectivity index (χ3n) is 5.15. The third-order valence-corrected chi connectivity index (χ3v) is 7.00. The van der Waals surface area contributed by atoms with E-state index >= 15 is 0 Å². The number of hydrogen-bond donors (Lipinski definition) is 1. The Morgan fingerprint density at radius 3 is 2.40 bits per heavy atom. The lowest BCUT2D eigenvalue weighted by molar-refractivity contribution is -0.124. The van der Waals surface area contributed by atoms with E-state index in [1.165, 1.54) is 4.31 Å². The van der Waals surface area contributed by atoms with Crippen LogP contribution in [0.15, 0.2) is 29.2 Å². The van der Waals surface area contributed by atoms with Gasteiger partial charge in [0.1, 0.15) is 0 Å². The molecule has 2 unspecified atom stereocenters. The molecule has 1 aromatic rings. The second kappa shape index (κ2) is 7.05. The number of carbonyl (C=O) groups excluding carboxylic acids is 1. The van der Waals surface area contributed by atoms with Crippen LogP contribution in [0.4, 0.5) is 0 Å². The van der Waals surface area contributed by atoms with E-state index in [-0.39, 0.29) is 24.4 Å². The van der Waals surface area contributed by atoms with Gasteiger partial charge in [-0.15, -0.1) is 0 Å². The molecule has 2 saturated heterocycles. The summed E-state index contributed by atoms with van der Waals surface area (Å²) in [5, 5.41) is 3.00. The Kier molecular flexibility index (Phi) is 5.18. The largest absolute Gasteiger partial charge is 0.350 e. The molecule has 0 radical (unpaired) electrons. The van der Waals surface area contributed by atoms with Gasteiger partial charge in [0.05, 0.1) is 16.9 Å². The summed E-state index contributed by atoms with van der Waals surface area (Å²) >= 11 is 0. The molecule has 3 rings (SSSR count). The van der Waals surface area contributed by atoms with Crippen LogP contribution in [0.3, 0.4) is 0 Å². The van der Waals surface area contributed by atoms with Crippen LogP contribution in [0.1, 0.15) is 32.3 Å². The molecule has 138 valence electrons. The van der Waals surface area contributed by atoms with Gasteiger partial charge in [-0.25, -0.2) is 8.42 Å². The SMILES string of the molecule is CCN1CC2CN(S(=O)(=O)c3ccc(C(C)C)cc3)CC(C1)C(=O)N2. The van der Waals surface area contributed by atoms with Crippen LogP contribution in [0.5, 0.6) is 0 Å². The van der Waals surface area contributed by atoms with E-state index in [2.05, 4.69) is 31.0 Å². The first kappa shape index (κ1) is 18.4. The monoisotopic (exact) mass is 365 g/mol. The van der Waals surface area contributed by atoms with Crippen LogP contribution in [0.2, 0.25) is 0 Å². The number of rotatable bonds is 4. The fraction of sp³-hybridized carbons (Fsp3) is 0.611. The number of likely N-dealkylation sites (N-methyl/N-ethyl adjacent to an activating group) is 1. The van der Waals surface area contributed by atoms with E-state index in [0.717, 1.165) is 12.1 Å². The minimum Gasteiger partial charge on any atom is -0.350 e. The molecule has 0 saturated carbocycles. The molecule has 2 aliphatic rings. The average Bonchev–Trinajstić information content (AvgIpc) is 2.81. The zero-order chi connectivity index (χ0) is 18.2. The first-order valence-electron chi connectivity index (χ1n) is 8.94. The summed E-state index contributed by atoms with van der Waals surface area (Å²) in [6.07, 6.45) is 0. The lowest BCUT2D eigenvalue weighted by Crippen LogP contribution is -2.48. The van der Waals surface area contributed by atoms with Crippen LogP contribution >= 0.6 is 0 Å². The Hall–Kier alpha value is -1.44. The van der Waals surface area contributed by atoms with E-state index in [0.29, 0.717) is 30.4 Å². The van der Waals surface area contributed by atoms with Gasteiger partial charge < -0.3 is 10.2 Å². The maximum Gasteiger partial charge on any atom is 0.243 e. The topological polar surface area (TPSA) is 69.7 Å². The minimum absolute atomic E-state index is 0.0335. The van der Waals surface area contributed by atoms with Gasteiger partial charge in [-0.3, -0.25) is 4.79 Å². The maximum absolute atomic E-state index is 13.1. The highest BCUT2D eigenvalue weighted by atomic mass is 32.2. The summed E-state index contributed by atoms with van der Waals surface area (Å²) in [7, 11) is -3.59. The molecular weight excluding hydrogens is 338 g/mol. The molecule has 6 nitrogen and oxygen atoms in total. The van der Waals surface area contributed by atoms with Crippen LogP contribution in [0, 0.1) is 5.92 Å². The van der Waals surface area contributed by atoms with Gasteiger partial charge in [0.2, 0.25) is 15.9 Å². The smallest absolute Gasteiger partial charge is 0.243 e. The molecule has 1 N–H and O–H groups in total. The van der Waals surface area contributed by atoms with E-state index in [1.807, 2.05) is 12.1 Å². The molecule has 25 heavy (non-hydrogen) atoms.